The van der Waals surface area contributed by atoms with E-state index in [1.54, 1.807) is 18.5 Å². The maximum absolute atomic E-state index is 12.0. The van der Waals surface area contributed by atoms with Gasteiger partial charge in [-0.05, 0) is 29.3 Å². The number of hydrogen-bond donors (Lipinski definition) is 3. The van der Waals surface area contributed by atoms with Crippen molar-refractivity contribution in [2.24, 2.45) is 0 Å². The molecular weight excluding hydrogens is 406 g/mol. The largest absolute Gasteiger partial charge is 0.362 e. The highest BCUT2D eigenvalue weighted by Gasteiger charge is 2.07. The Morgan fingerprint density at radius 3 is 2.25 bits per heavy atom. The van der Waals surface area contributed by atoms with Crippen molar-refractivity contribution >= 4 is 22.8 Å². The SMILES string of the molecule is O=C(COCC(=O)NCc1cccnc1)NCc1ccc(-c2nc3ccccc3[nH]2)cc1. The highest BCUT2D eigenvalue weighted by Crippen LogP contribution is 2.20. The van der Waals surface area contributed by atoms with Crippen LogP contribution < -0.4 is 10.6 Å². The molecule has 0 unspecified atom stereocenters. The summed E-state index contributed by atoms with van der Waals surface area (Å²) in [5.74, 6) is 0.228. The molecule has 0 atom stereocenters. The molecule has 8 heteroatoms. The third kappa shape index (κ3) is 5.77. The second-order valence-electron chi connectivity index (χ2n) is 7.21. The smallest absolute Gasteiger partial charge is 0.246 e. The van der Waals surface area contributed by atoms with Gasteiger partial charge in [-0.25, -0.2) is 4.98 Å². The predicted octanol–water partition coefficient (Wildman–Crippen LogP) is 2.57. The number of para-hydroxylation sites is 2. The van der Waals surface area contributed by atoms with Crippen LogP contribution in [0.2, 0.25) is 0 Å². The number of hydrogen-bond acceptors (Lipinski definition) is 5. The molecule has 2 aromatic carbocycles. The number of carbonyl (C=O) groups is 2. The molecule has 4 rings (SSSR count). The zero-order chi connectivity index (χ0) is 22.2. The standard InChI is InChI=1S/C24H23N5O3/c30-22(15-32-16-23(31)27-14-18-4-3-11-25-12-18)26-13-17-7-9-19(10-8-17)24-28-20-5-1-2-6-21(20)29-24/h1-12H,13-16H2,(H,26,30)(H,27,31)(H,28,29). The number of fused-ring (bicyclic) bond motifs is 1. The van der Waals surface area contributed by atoms with Crippen LogP contribution in [0, 0.1) is 0 Å². The zero-order valence-electron chi connectivity index (χ0n) is 17.4. The minimum Gasteiger partial charge on any atom is -0.362 e. The van der Waals surface area contributed by atoms with E-state index in [-0.39, 0.29) is 25.0 Å². The van der Waals surface area contributed by atoms with Crippen molar-refractivity contribution in [3.63, 3.8) is 0 Å². The number of benzene rings is 2. The summed E-state index contributed by atoms with van der Waals surface area (Å²) in [7, 11) is 0. The Morgan fingerprint density at radius 2 is 1.56 bits per heavy atom. The number of imidazole rings is 1. The average molecular weight is 429 g/mol. The van der Waals surface area contributed by atoms with E-state index in [1.807, 2.05) is 54.6 Å². The number of nitrogens with zero attached hydrogens (tertiary/aromatic N) is 2. The monoisotopic (exact) mass is 429 g/mol. The lowest BCUT2D eigenvalue weighted by molar-refractivity contribution is -0.131. The first-order valence-electron chi connectivity index (χ1n) is 10.2. The normalized spacial score (nSPS) is 10.8. The first kappa shape index (κ1) is 21.2. The Bertz CT molecular complexity index is 1160. The van der Waals surface area contributed by atoms with Crippen molar-refractivity contribution in [3.8, 4) is 11.4 Å². The maximum atomic E-state index is 12.0. The van der Waals surface area contributed by atoms with E-state index in [0.29, 0.717) is 13.1 Å². The number of pyridine rings is 1. The van der Waals surface area contributed by atoms with Crippen LogP contribution in [0.3, 0.4) is 0 Å². The van der Waals surface area contributed by atoms with Crippen molar-refractivity contribution in [1.29, 1.82) is 0 Å². The van der Waals surface area contributed by atoms with Gasteiger partial charge in [0.15, 0.2) is 0 Å². The molecule has 2 aromatic heterocycles. The van der Waals surface area contributed by atoms with E-state index >= 15 is 0 Å². The number of ether oxygens (including phenoxy) is 1. The Labute approximate surface area is 185 Å². The second-order valence-corrected chi connectivity index (χ2v) is 7.21. The lowest BCUT2D eigenvalue weighted by Gasteiger charge is -2.08. The van der Waals surface area contributed by atoms with Gasteiger partial charge in [-0.1, -0.05) is 42.5 Å². The van der Waals surface area contributed by atoms with Crippen LogP contribution in [0.15, 0.2) is 73.1 Å². The average Bonchev–Trinajstić information content (AvgIpc) is 3.27. The highest BCUT2D eigenvalue weighted by atomic mass is 16.5. The number of aromatic amines is 1. The molecule has 0 aliphatic heterocycles. The topological polar surface area (TPSA) is 109 Å². The molecule has 0 radical (unpaired) electrons. The van der Waals surface area contributed by atoms with E-state index < -0.39 is 0 Å². The first-order chi connectivity index (χ1) is 15.7. The van der Waals surface area contributed by atoms with E-state index in [0.717, 1.165) is 33.5 Å². The molecule has 8 nitrogen and oxygen atoms in total. The minimum absolute atomic E-state index is 0.181. The third-order valence-electron chi connectivity index (χ3n) is 4.79. The molecule has 0 aliphatic carbocycles. The van der Waals surface area contributed by atoms with Crippen LogP contribution in [0.4, 0.5) is 0 Å². The summed E-state index contributed by atoms with van der Waals surface area (Å²) in [6.07, 6.45) is 3.35. The van der Waals surface area contributed by atoms with Gasteiger partial charge in [0.25, 0.3) is 0 Å². The van der Waals surface area contributed by atoms with Crippen molar-refractivity contribution < 1.29 is 14.3 Å². The molecule has 2 amide bonds. The third-order valence-corrected chi connectivity index (χ3v) is 4.79. The lowest BCUT2D eigenvalue weighted by atomic mass is 10.1. The van der Waals surface area contributed by atoms with Crippen LogP contribution in [0.25, 0.3) is 22.4 Å². The fraction of sp³-hybridized carbons (Fsp3) is 0.167. The predicted molar refractivity (Wildman–Crippen MR) is 120 cm³/mol. The maximum Gasteiger partial charge on any atom is 0.246 e. The number of rotatable bonds is 9. The zero-order valence-corrected chi connectivity index (χ0v) is 17.4. The van der Waals surface area contributed by atoms with Crippen molar-refractivity contribution in [1.82, 2.24) is 25.6 Å². The van der Waals surface area contributed by atoms with Gasteiger partial charge in [-0.3, -0.25) is 14.6 Å². The van der Waals surface area contributed by atoms with E-state index in [4.69, 9.17) is 4.74 Å². The molecule has 0 aliphatic rings. The van der Waals surface area contributed by atoms with Crippen LogP contribution in [0.5, 0.6) is 0 Å². The molecule has 0 bridgehead atoms. The fourth-order valence-corrected chi connectivity index (χ4v) is 3.11. The molecular formula is C24H23N5O3. The van der Waals surface area contributed by atoms with Crippen molar-refractivity contribution in [2.75, 3.05) is 13.2 Å². The van der Waals surface area contributed by atoms with Crippen LogP contribution >= 0.6 is 0 Å². The quantitative estimate of drug-likeness (QED) is 0.379. The molecule has 4 aromatic rings. The molecule has 0 fully saturated rings. The molecule has 2 heterocycles. The van der Waals surface area contributed by atoms with Crippen LogP contribution in [0.1, 0.15) is 11.1 Å². The summed E-state index contributed by atoms with van der Waals surface area (Å²) in [4.78, 5) is 35.6. The van der Waals surface area contributed by atoms with E-state index in [2.05, 4.69) is 25.6 Å². The number of nitrogens with one attached hydrogen (secondary N) is 3. The molecule has 0 spiro atoms. The van der Waals surface area contributed by atoms with Gasteiger partial charge in [0, 0.05) is 31.0 Å². The summed E-state index contributed by atoms with van der Waals surface area (Å²) in [5.41, 5.74) is 4.73. The van der Waals surface area contributed by atoms with Gasteiger partial charge in [-0.2, -0.15) is 0 Å². The summed E-state index contributed by atoms with van der Waals surface area (Å²) in [6.45, 7) is 0.374. The minimum atomic E-state index is -0.289. The molecule has 0 saturated carbocycles. The van der Waals surface area contributed by atoms with E-state index in [9.17, 15) is 9.59 Å². The number of H-pyrrole nitrogens is 1. The highest BCUT2D eigenvalue weighted by molar-refractivity contribution is 5.80. The number of carbonyl (C=O) groups excluding carboxylic acids is 2. The van der Waals surface area contributed by atoms with Gasteiger partial charge in [0.05, 0.1) is 11.0 Å². The summed E-state index contributed by atoms with van der Waals surface area (Å²) >= 11 is 0. The molecule has 32 heavy (non-hydrogen) atoms. The summed E-state index contributed by atoms with van der Waals surface area (Å²) in [5, 5.41) is 5.50. The lowest BCUT2D eigenvalue weighted by Crippen LogP contribution is -2.31. The fourth-order valence-electron chi connectivity index (χ4n) is 3.11. The van der Waals surface area contributed by atoms with Gasteiger partial charge in [-0.15, -0.1) is 0 Å². The summed E-state index contributed by atoms with van der Waals surface area (Å²) in [6, 6.07) is 19.3. The summed E-state index contributed by atoms with van der Waals surface area (Å²) < 4.78 is 5.19. The Hall–Kier alpha value is -4.04. The first-order valence-corrected chi connectivity index (χ1v) is 10.2. The Morgan fingerprint density at radius 1 is 0.844 bits per heavy atom. The Balaban J connectivity index is 1.17. The van der Waals surface area contributed by atoms with Gasteiger partial charge < -0.3 is 20.4 Å². The second kappa shape index (κ2) is 10.3. The van der Waals surface area contributed by atoms with Crippen molar-refractivity contribution in [3.05, 3.63) is 84.2 Å². The van der Waals surface area contributed by atoms with Crippen LogP contribution in [-0.2, 0) is 27.4 Å². The number of amides is 2. The number of aromatic nitrogens is 3. The van der Waals surface area contributed by atoms with Gasteiger partial charge >= 0.3 is 0 Å². The Kier molecular flexibility index (Phi) is 6.84. The van der Waals surface area contributed by atoms with Crippen molar-refractivity contribution in [2.45, 2.75) is 13.1 Å². The van der Waals surface area contributed by atoms with E-state index in [1.165, 1.54) is 0 Å². The van der Waals surface area contributed by atoms with Gasteiger partial charge in [0.1, 0.15) is 19.0 Å². The molecule has 0 saturated heterocycles. The van der Waals surface area contributed by atoms with Gasteiger partial charge in [0.2, 0.25) is 11.8 Å². The molecule has 162 valence electrons. The molecule has 3 N–H and O–H groups in total. The van der Waals surface area contributed by atoms with Crippen LogP contribution in [-0.4, -0.2) is 40.0 Å².